The van der Waals surface area contributed by atoms with E-state index in [0.717, 1.165) is 37.1 Å². The Hall–Kier alpha value is -2.08. The largest absolute Gasteiger partial charge is 0.497 e. The van der Waals surface area contributed by atoms with Gasteiger partial charge in [-0.25, -0.2) is 0 Å². The summed E-state index contributed by atoms with van der Waals surface area (Å²) in [5.74, 6) is 0.603. The Balaban J connectivity index is 1.87. The molecule has 2 saturated heterocycles. The van der Waals surface area contributed by atoms with Gasteiger partial charge in [-0.1, -0.05) is 32.4 Å². The summed E-state index contributed by atoms with van der Waals surface area (Å²) in [4.78, 5) is 30.0. The molecule has 2 aliphatic heterocycles. The molecule has 154 valence electrons. The maximum Gasteiger partial charge on any atom is 0.228 e. The highest BCUT2D eigenvalue weighted by molar-refractivity contribution is 5.90. The van der Waals surface area contributed by atoms with Gasteiger partial charge in [0.05, 0.1) is 19.1 Å². The van der Waals surface area contributed by atoms with Crippen LogP contribution in [0.5, 0.6) is 5.75 Å². The molecule has 6 heteroatoms. The van der Waals surface area contributed by atoms with Gasteiger partial charge in [-0.05, 0) is 42.5 Å². The highest BCUT2D eigenvalue weighted by Crippen LogP contribution is 2.41. The van der Waals surface area contributed by atoms with Gasteiger partial charge in [-0.2, -0.15) is 0 Å². The highest BCUT2D eigenvalue weighted by Gasteiger charge is 2.47. The Morgan fingerprint density at radius 3 is 2.61 bits per heavy atom. The molecule has 0 aliphatic carbocycles. The molecule has 2 N–H and O–H groups in total. The van der Waals surface area contributed by atoms with Crippen LogP contribution in [0.2, 0.25) is 0 Å². The Morgan fingerprint density at radius 2 is 2.04 bits per heavy atom. The number of carbonyl (C=O) groups excluding carboxylic acids is 2. The van der Waals surface area contributed by atoms with E-state index in [0.29, 0.717) is 19.6 Å². The Labute approximate surface area is 168 Å². The third-order valence-corrected chi connectivity index (χ3v) is 6.32. The van der Waals surface area contributed by atoms with Crippen molar-refractivity contribution in [2.45, 2.75) is 45.6 Å². The summed E-state index contributed by atoms with van der Waals surface area (Å²) in [6.07, 6.45) is 3.16. The number of benzene rings is 1. The van der Waals surface area contributed by atoms with Crippen molar-refractivity contribution in [1.29, 1.82) is 0 Å². The maximum atomic E-state index is 13.4. The maximum absolute atomic E-state index is 13.4. The summed E-state index contributed by atoms with van der Waals surface area (Å²) in [6.45, 7) is 6.91. The molecular formula is C22H33N3O3. The summed E-state index contributed by atoms with van der Waals surface area (Å²) in [5, 5.41) is 0. The van der Waals surface area contributed by atoms with Crippen molar-refractivity contribution in [3.05, 3.63) is 29.8 Å². The SMILES string of the molecule is CCCCN1C(=O)CC(C(=O)N2CCC(C)(CN)C2)C1c1ccc(OC)cc1. The number of carbonyl (C=O) groups is 2. The van der Waals surface area contributed by atoms with Gasteiger partial charge in [0.2, 0.25) is 11.8 Å². The van der Waals surface area contributed by atoms with Crippen LogP contribution in [0.4, 0.5) is 0 Å². The van der Waals surface area contributed by atoms with Crippen LogP contribution in [-0.2, 0) is 9.59 Å². The van der Waals surface area contributed by atoms with Gasteiger partial charge in [-0.3, -0.25) is 9.59 Å². The number of hydrogen-bond donors (Lipinski definition) is 1. The molecule has 3 atom stereocenters. The number of hydrogen-bond acceptors (Lipinski definition) is 4. The molecule has 2 fully saturated rings. The second-order valence-electron chi connectivity index (χ2n) is 8.49. The second kappa shape index (κ2) is 8.52. The zero-order valence-corrected chi connectivity index (χ0v) is 17.3. The van der Waals surface area contributed by atoms with Crippen LogP contribution < -0.4 is 10.5 Å². The van der Waals surface area contributed by atoms with Crippen LogP contribution in [-0.4, -0.2) is 54.9 Å². The fourth-order valence-electron chi connectivity index (χ4n) is 4.43. The first-order chi connectivity index (χ1) is 13.4. The van der Waals surface area contributed by atoms with Gasteiger partial charge in [0.15, 0.2) is 0 Å². The first-order valence-corrected chi connectivity index (χ1v) is 10.3. The minimum atomic E-state index is -0.335. The van der Waals surface area contributed by atoms with E-state index in [9.17, 15) is 9.59 Å². The molecule has 28 heavy (non-hydrogen) atoms. The summed E-state index contributed by atoms with van der Waals surface area (Å²) in [6, 6.07) is 7.56. The van der Waals surface area contributed by atoms with Crippen LogP contribution in [0.25, 0.3) is 0 Å². The lowest BCUT2D eigenvalue weighted by Gasteiger charge is -2.31. The lowest BCUT2D eigenvalue weighted by Crippen LogP contribution is -2.40. The van der Waals surface area contributed by atoms with Crippen LogP contribution in [0.1, 0.15) is 51.1 Å². The lowest BCUT2D eigenvalue weighted by molar-refractivity contribution is -0.135. The van der Waals surface area contributed by atoms with E-state index in [-0.39, 0.29) is 35.6 Å². The molecule has 3 rings (SSSR count). The summed E-state index contributed by atoms with van der Waals surface area (Å²) >= 11 is 0. The lowest BCUT2D eigenvalue weighted by atomic mass is 9.90. The number of ether oxygens (including phenoxy) is 1. The first kappa shape index (κ1) is 20.6. The first-order valence-electron chi connectivity index (χ1n) is 10.3. The van der Waals surface area contributed by atoms with Gasteiger partial charge in [0.25, 0.3) is 0 Å². The number of nitrogens with two attached hydrogens (primary N) is 1. The number of methoxy groups -OCH3 is 1. The van der Waals surface area contributed by atoms with Crippen LogP contribution in [0.3, 0.4) is 0 Å². The topological polar surface area (TPSA) is 75.9 Å². The van der Waals surface area contributed by atoms with Gasteiger partial charge >= 0.3 is 0 Å². The molecule has 0 spiro atoms. The van der Waals surface area contributed by atoms with Crippen LogP contribution in [0, 0.1) is 11.3 Å². The van der Waals surface area contributed by atoms with Crippen molar-refractivity contribution in [2.75, 3.05) is 33.3 Å². The van der Waals surface area contributed by atoms with E-state index >= 15 is 0 Å². The zero-order valence-electron chi connectivity index (χ0n) is 17.3. The van der Waals surface area contributed by atoms with Gasteiger partial charge < -0.3 is 20.3 Å². The molecular weight excluding hydrogens is 354 g/mol. The normalized spacial score (nSPS) is 27.5. The van der Waals surface area contributed by atoms with Crippen molar-refractivity contribution in [2.24, 2.45) is 17.1 Å². The third-order valence-electron chi connectivity index (χ3n) is 6.32. The molecule has 3 unspecified atom stereocenters. The second-order valence-corrected chi connectivity index (χ2v) is 8.49. The molecule has 6 nitrogen and oxygen atoms in total. The molecule has 2 heterocycles. The predicted octanol–water partition coefficient (Wildman–Crippen LogP) is 2.58. The van der Waals surface area contributed by atoms with E-state index in [4.69, 9.17) is 10.5 Å². The number of unbranched alkanes of at least 4 members (excludes halogenated alkanes) is 1. The molecule has 0 radical (unpaired) electrons. The monoisotopic (exact) mass is 387 g/mol. The van der Waals surface area contributed by atoms with Crippen LogP contribution in [0.15, 0.2) is 24.3 Å². The van der Waals surface area contributed by atoms with Gasteiger partial charge in [0, 0.05) is 26.1 Å². The van der Waals surface area contributed by atoms with Crippen molar-refractivity contribution in [3.8, 4) is 5.75 Å². The summed E-state index contributed by atoms with van der Waals surface area (Å²) in [5.41, 5.74) is 6.90. The molecule has 0 aromatic heterocycles. The molecule has 2 aliphatic rings. The average molecular weight is 388 g/mol. The fraction of sp³-hybridized carbons (Fsp3) is 0.636. The molecule has 2 amide bonds. The number of nitrogens with zero attached hydrogens (tertiary/aromatic N) is 2. The number of likely N-dealkylation sites (tertiary alicyclic amines) is 2. The summed E-state index contributed by atoms with van der Waals surface area (Å²) in [7, 11) is 1.63. The van der Waals surface area contributed by atoms with Crippen molar-refractivity contribution in [3.63, 3.8) is 0 Å². The highest BCUT2D eigenvalue weighted by atomic mass is 16.5. The molecule has 0 bridgehead atoms. The third kappa shape index (κ3) is 4.02. The minimum Gasteiger partial charge on any atom is -0.497 e. The van der Waals surface area contributed by atoms with Gasteiger partial charge in [-0.15, -0.1) is 0 Å². The average Bonchev–Trinajstić information content (AvgIpc) is 3.27. The van der Waals surface area contributed by atoms with E-state index in [1.807, 2.05) is 34.1 Å². The Kier molecular flexibility index (Phi) is 6.28. The van der Waals surface area contributed by atoms with E-state index in [1.54, 1.807) is 7.11 Å². The smallest absolute Gasteiger partial charge is 0.228 e. The van der Waals surface area contributed by atoms with Gasteiger partial charge in [0.1, 0.15) is 5.75 Å². The Bertz CT molecular complexity index is 705. The van der Waals surface area contributed by atoms with E-state index in [2.05, 4.69) is 13.8 Å². The molecule has 0 saturated carbocycles. The predicted molar refractivity (Wildman–Crippen MR) is 109 cm³/mol. The summed E-state index contributed by atoms with van der Waals surface area (Å²) < 4.78 is 5.27. The standard InChI is InChI=1S/C22H33N3O3/c1-4-5-11-25-19(26)13-18(20(25)16-6-8-17(28-3)9-7-16)21(27)24-12-10-22(2,14-23)15-24/h6-9,18,20H,4-5,10-15,23H2,1-3H3. The van der Waals surface area contributed by atoms with Crippen molar-refractivity contribution in [1.82, 2.24) is 9.80 Å². The Morgan fingerprint density at radius 1 is 1.32 bits per heavy atom. The van der Waals surface area contributed by atoms with Crippen LogP contribution >= 0.6 is 0 Å². The number of rotatable bonds is 7. The quantitative estimate of drug-likeness (QED) is 0.780. The van der Waals surface area contributed by atoms with Crippen molar-refractivity contribution < 1.29 is 14.3 Å². The number of amides is 2. The molecule has 1 aromatic carbocycles. The van der Waals surface area contributed by atoms with Crippen molar-refractivity contribution >= 4 is 11.8 Å². The molecule has 1 aromatic rings. The zero-order chi connectivity index (χ0) is 20.3. The minimum absolute atomic E-state index is 0.0181. The van der Waals surface area contributed by atoms with E-state index < -0.39 is 0 Å². The fourth-order valence-corrected chi connectivity index (χ4v) is 4.43. The van der Waals surface area contributed by atoms with E-state index in [1.165, 1.54) is 0 Å².